The van der Waals surface area contributed by atoms with Crippen LogP contribution in [0.5, 0.6) is 0 Å². The molecule has 0 aromatic carbocycles. The van der Waals surface area contributed by atoms with E-state index >= 15 is 0 Å². The van der Waals surface area contributed by atoms with E-state index < -0.39 is 0 Å². The summed E-state index contributed by atoms with van der Waals surface area (Å²) in [5.41, 5.74) is 6.00. The van der Waals surface area contributed by atoms with Gasteiger partial charge in [0, 0.05) is 0 Å². The van der Waals surface area contributed by atoms with E-state index in [9.17, 15) is 4.79 Å². The van der Waals surface area contributed by atoms with Crippen LogP contribution >= 0.6 is 0 Å². The predicted octanol–water partition coefficient (Wildman–Crippen LogP) is 1.80. The van der Waals surface area contributed by atoms with Crippen molar-refractivity contribution in [2.45, 2.75) is 20.3 Å². The molecule has 16 heavy (non-hydrogen) atoms. The van der Waals surface area contributed by atoms with Crippen molar-refractivity contribution >= 4 is 5.91 Å². The fourth-order valence-corrected chi connectivity index (χ4v) is 0.639. The fourth-order valence-electron chi connectivity index (χ4n) is 0.639. The smallest absolute Gasteiger partial charge is 0.507 e. The molecule has 5 heteroatoms. The molecular weight excluding hydrogens is 652 g/mol. The second-order valence-electron chi connectivity index (χ2n) is 2.21. The van der Waals surface area contributed by atoms with Crippen molar-refractivity contribution in [3.8, 4) is 0 Å². The molecule has 0 aliphatic carbocycles. The molecule has 3 N–H and O–H groups in total. The van der Waals surface area contributed by atoms with E-state index in [1.165, 1.54) is 0 Å². The average molecular weight is 672 g/mol. The van der Waals surface area contributed by atoms with Gasteiger partial charge in [0.2, 0.25) is 0 Å². The van der Waals surface area contributed by atoms with Gasteiger partial charge in [-0.25, -0.2) is 12.6 Å². The fraction of sp³-hybridized carbons (Fsp3) is 0.273. The SMILES string of the molecule is CC=[C-]/C=C(/N)CC(=O)N[CH-]C.[CH3-].[CH3-].[U+2].[U+2]. The molecule has 0 aliphatic rings. The van der Waals surface area contributed by atoms with Crippen molar-refractivity contribution in [3.63, 3.8) is 0 Å². The molecule has 0 fully saturated rings. The van der Waals surface area contributed by atoms with Crippen LogP contribution in [0.25, 0.3) is 0 Å². The molecule has 3 nitrogen and oxygen atoms in total. The number of nitrogens with one attached hydrogen (secondary N) is 1. The van der Waals surface area contributed by atoms with Crippen LogP contribution in [0, 0.1) is 89.7 Å². The summed E-state index contributed by atoms with van der Waals surface area (Å²) in [5, 5.41) is 2.53. The molecular formula is C11H20N2OU2. The Balaban J connectivity index is -0.000000101. The maximum Gasteiger partial charge on any atom is 2.00 e. The molecule has 0 aliphatic heterocycles. The van der Waals surface area contributed by atoms with Crippen LogP contribution in [0.3, 0.4) is 0 Å². The summed E-state index contributed by atoms with van der Waals surface area (Å²) in [7, 11) is 0. The summed E-state index contributed by atoms with van der Waals surface area (Å²) >= 11 is 0. The molecule has 1 amide bonds. The van der Waals surface area contributed by atoms with Gasteiger partial charge < -0.3 is 25.9 Å². The van der Waals surface area contributed by atoms with E-state index in [2.05, 4.69) is 11.4 Å². The van der Waals surface area contributed by atoms with E-state index in [0.717, 1.165) is 0 Å². The van der Waals surface area contributed by atoms with Crippen molar-refractivity contribution in [2.75, 3.05) is 0 Å². The van der Waals surface area contributed by atoms with Gasteiger partial charge in [-0.15, -0.1) is 5.70 Å². The molecule has 0 atom stereocenters. The first-order chi connectivity index (χ1) is 5.70. The quantitative estimate of drug-likeness (QED) is 0.354. The van der Waals surface area contributed by atoms with Crippen LogP contribution < -0.4 is 11.1 Å². The first-order valence-electron chi connectivity index (χ1n) is 3.76. The maximum absolute atomic E-state index is 10.9. The Labute approximate surface area is 148 Å². The van der Waals surface area contributed by atoms with E-state index in [1.54, 1.807) is 25.6 Å². The van der Waals surface area contributed by atoms with Crippen molar-refractivity contribution in [1.82, 2.24) is 5.32 Å². The second-order valence-corrected chi connectivity index (χ2v) is 2.21. The van der Waals surface area contributed by atoms with Crippen LogP contribution in [-0.4, -0.2) is 5.91 Å². The molecule has 0 saturated heterocycles. The Kier molecular flexibility index (Phi) is 39.9. The zero-order valence-electron chi connectivity index (χ0n) is 10.4. The van der Waals surface area contributed by atoms with E-state index in [0.29, 0.717) is 5.70 Å². The van der Waals surface area contributed by atoms with Crippen LogP contribution in [0.1, 0.15) is 20.3 Å². The molecule has 0 bridgehead atoms. The van der Waals surface area contributed by atoms with Gasteiger partial charge in [0.25, 0.3) is 0 Å². The molecule has 0 aromatic heterocycles. The van der Waals surface area contributed by atoms with E-state index in [1.807, 2.05) is 6.92 Å². The molecule has 0 saturated carbocycles. The standard InChI is InChI=1S/C9H14N2O.2CH3.2U/c1-3-5-6-8(10)7-9(12)11-4-2;;;;/h3-4,6H,7,10H2,1-2H3,(H,11,12);2*1H3;;/q-2;2*-1;2*+2/b8-6+;;;;. The van der Waals surface area contributed by atoms with Gasteiger partial charge in [-0.2, -0.15) is 13.0 Å². The van der Waals surface area contributed by atoms with Gasteiger partial charge in [0.05, 0.1) is 0 Å². The summed E-state index contributed by atoms with van der Waals surface area (Å²) in [6.07, 6.45) is 6.33. The van der Waals surface area contributed by atoms with E-state index in [4.69, 9.17) is 5.73 Å². The molecule has 0 aromatic rings. The van der Waals surface area contributed by atoms with Crippen LogP contribution in [0.15, 0.2) is 17.8 Å². The maximum atomic E-state index is 10.9. The van der Waals surface area contributed by atoms with Gasteiger partial charge in [-0.3, -0.25) is 10.9 Å². The molecule has 0 radical (unpaired) electrons. The minimum Gasteiger partial charge on any atom is -0.507 e. The third kappa shape index (κ3) is 20.3. The summed E-state index contributed by atoms with van der Waals surface area (Å²) in [4.78, 5) is 10.9. The Morgan fingerprint density at radius 1 is 1.44 bits per heavy atom. The number of allylic oxidation sites excluding steroid dienone is 3. The third-order valence-corrected chi connectivity index (χ3v) is 1.11. The number of nitrogens with two attached hydrogens (primary N) is 1. The van der Waals surface area contributed by atoms with Gasteiger partial charge in [0.15, 0.2) is 5.91 Å². The predicted molar refractivity (Wildman–Crippen MR) is 61.3 cm³/mol. The second kappa shape index (κ2) is 21.2. The first kappa shape index (κ1) is 30.1. The Hall–Kier alpha value is 0.854. The van der Waals surface area contributed by atoms with Gasteiger partial charge in [-0.05, 0) is 6.42 Å². The Bertz CT molecular complexity index is 204. The number of carbonyl (C=O) groups excluding carboxylic acids is 1. The van der Waals surface area contributed by atoms with Gasteiger partial charge in [-0.1, -0.05) is 6.92 Å². The van der Waals surface area contributed by atoms with Crippen molar-refractivity contribution in [1.29, 1.82) is 0 Å². The number of carbonyl (C=O) groups is 1. The number of rotatable bonds is 4. The monoisotopic (exact) mass is 672 g/mol. The van der Waals surface area contributed by atoms with Crippen molar-refractivity contribution in [3.05, 3.63) is 45.3 Å². The zero-order chi connectivity index (χ0) is 9.40. The summed E-state index contributed by atoms with van der Waals surface area (Å²) in [6.45, 7) is 5.16. The summed E-state index contributed by atoms with van der Waals surface area (Å²) < 4.78 is 0. The topological polar surface area (TPSA) is 55.1 Å². The van der Waals surface area contributed by atoms with Gasteiger partial charge in [0.1, 0.15) is 0 Å². The van der Waals surface area contributed by atoms with Crippen molar-refractivity contribution < 1.29 is 67.0 Å². The summed E-state index contributed by atoms with van der Waals surface area (Å²) in [6, 6.07) is 0. The minimum absolute atomic E-state index is 0. The number of hydrogen-bond acceptors (Lipinski definition) is 2. The Morgan fingerprint density at radius 3 is 2.31 bits per heavy atom. The zero-order valence-corrected chi connectivity index (χ0v) is 18.8. The summed E-state index contributed by atoms with van der Waals surface area (Å²) in [5.74, 6) is -0.107. The largest absolute Gasteiger partial charge is 2.00 e. The molecule has 0 rings (SSSR count). The number of amides is 1. The third-order valence-electron chi connectivity index (χ3n) is 1.11. The number of hydrogen-bond donors (Lipinski definition) is 2. The molecule has 0 heterocycles. The molecule has 0 spiro atoms. The van der Waals surface area contributed by atoms with E-state index in [-0.39, 0.29) is 89.4 Å². The normalized spacial score (nSPS) is 9.00. The molecule has 0 unspecified atom stereocenters. The van der Waals surface area contributed by atoms with Crippen LogP contribution in [0.2, 0.25) is 0 Å². The minimum atomic E-state index is -0.107. The average Bonchev–Trinajstić information content (AvgIpc) is 2.01. The van der Waals surface area contributed by atoms with Crippen LogP contribution in [0.4, 0.5) is 0 Å². The van der Waals surface area contributed by atoms with Crippen LogP contribution in [-0.2, 0) is 4.79 Å². The van der Waals surface area contributed by atoms with Crippen molar-refractivity contribution in [2.24, 2.45) is 5.73 Å². The molecule has 88 valence electrons. The van der Waals surface area contributed by atoms with Gasteiger partial charge >= 0.3 is 62.2 Å². The first-order valence-corrected chi connectivity index (χ1v) is 3.76. The Morgan fingerprint density at radius 2 is 1.94 bits per heavy atom.